The highest BCUT2D eigenvalue weighted by molar-refractivity contribution is 5.92. The zero-order valence-electron chi connectivity index (χ0n) is 12.0. The van der Waals surface area contributed by atoms with Crippen molar-refractivity contribution >= 4 is 11.8 Å². The average Bonchev–Trinajstić information content (AvgIpc) is 3.00. The number of methoxy groups -OCH3 is 1. The second-order valence-electron chi connectivity index (χ2n) is 4.45. The molecule has 0 saturated heterocycles. The van der Waals surface area contributed by atoms with E-state index in [4.69, 9.17) is 10.5 Å². The van der Waals surface area contributed by atoms with Crippen LogP contribution in [0, 0.1) is 0 Å². The number of nitrogens with two attached hydrogens (primary N) is 1. The average molecular weight is 278 g/mol. The first-order valence-electron chi connectivity index (χ1n) is 6.30. The molecule has 2 N–H and O–H groups in total. The number of imidazole rings is 1. The van der Waals surface area contributed by atoms with Gasteiger partial charge >= 0.3 is 5.97 Å². The molecule has 0 bridgehead atoms. The van der Waals surface area contributed by atoms with E-state index in [1.165, 1.54) is 7.11 Å². The molecule has 0 aliphatic carbocycles. The first-order chi connectivity index (χ1) is 9.51. The van der Waals surface area contributed by atoms with Crippen LogP contribution in [0.4, 0.5) is 5.82 Å². The molecule has 2 heterocycles. The fourth-order valence-electron chi connectivity index (χ4n) is 2.21. The van der Waals surface area contributed by atoms with Crippen molar-refractivity contribution in [3.8, 4) is 0 Å². The van der Waals surface area contributed by atoms with E-state index in [0.717, 1.165) is 5.82 Å². The minimum absolute atomic E-state index is 0.137. The summed E-state index contributed by atoms with van der Waals surface area (Å²) in [6, 6.07) is -0.177. The number of anilines is 1. The summed E-state index contributed by atoms with van der Waals surface area (Å²) in [6.45, 7) is 3.88. The molecule has 0 aromatic carbocycles. The van der Waals surface area contributed by atoms with Gasteiger partial charge in [0.05, 0.1) is 13.2 Å². The van der Waals surface area contributed by atoms with E-state index in [2.05, 4.69) is 15.2 Å². The third-order valence-electron chi connectivity index (χ3n) is 3.22. The van der Waals surface area contributed by atoms with Gasteiger partial charge in [0.15, 0.2) is 11.5 Å². The molecule has 0 fully saturated rings. The lowest BCUT2D eigenvalue weighted by atomic mass is 10.3. The molecule has 8 heteroatoms. The molecule has 1 unspecified atom stereocenters. The SMILES string of the molecule is CCc1nc(C(=O)OC)c(N)n1C(C)c1nncn1C. The molecule has 0 saturated carbocycles. The van der Waals surface area contributed by atoms with E-state index >= 15 is 0 Å². The van der Waals surface area contributed by atoms with E-state index in [-0.39, 0.29) is 17.6 Å². The molecule has 8 nitrogen and oxygen atoms in total. The molecule has 20 heavy (non-hydrogen) atoms. The van der Waals surface area contributed by atoms with Crippen LogP contribution >= 0.6 is 0 Å². The molecular formula is C12H18N6O2. The van der Waals surface area contributed by atoms with Gasteiger partial charge in [-0.05, 0) is 6.92 Å². The molecule has 2 aromatic rings. The number of esters is 1. The lowest BCUT2D eigenvalue weighted by Crippen LogP contribution is -2.17. The Balaban J connectivity index is 2.53. The largest absolute Gasteiger partial charge is 0.464 e. The van der Waals surface area contributed by atoms with Gasteiger partial charge in [0.25, 0.3) is 0 Å². The van der Waals surface area contributed by atoms with Crippen molar-refractivity contribution in [3.63, 3.8) is 0 Å². The minimum atomic E-state index is -0.541. The number of rotatable bonds is 4. The quantitative estimate of drug-likeness (QED) is 0.820. The summed E-state index contributed by atoms with van der Waals surface area (Å²) in [5.41, 5.74) is 6.19. The van der Waals surface area contributed by atoms with Gasteiger partial charge in [-0.25, -0.2) is 9.78 Å². The van der Waals surface area contributed by atoms with Crippen LogP contribution < -0.4 is 5.73 Å². The zero-order valence-corrected chi connectivity index (χ0v) is 12.0. The number of hydrogen-bond donors (Lipinski definition) is 1. The number of hydrogen-bond acceptors (Lipinski definition) is 6. The molecule has 0 radical (unpaired) electrons. The number of aryl methyl sites for hydroxylation is 2. The number of aromatic nitrogens is 5. The van der Waals surface area contributed by atoms with Gasteiger partial charge in [-0.1, -0.05) is 6.92 Å². The maximum Gasteiger partial charge on any atom is 0.360 e. The summed E-state index contributed by atoms with van der Waals surface area (Å²) < 4.78 is 8.29. The Morgan fingerprint density at radius 1 is 1.55 bits per heavy atom. The summed E-state index contributed by atoms with van der Waals surface area (Å²) in [5, 5.41) is 7.93. The van der Waals surface area contributed by atoms with Crippen LogP contribution in [-0.4, -0.2) is 37.4 Å². The molecule has 0 spiro atoms. The molecular weight excluding hydrogens is 260 g/mol. The summed E-state index contributed by atoms with van der Waals surface area (Å²) in [7, 11) is 3.16. The third-order valence-corrected chi connectivity index (χ3v) is 3.22. The van der Waals surface area contributed by atoms with E-state index < -0.39 is 5.97 Å². The highest BCUT2D eigenvalue weighted by Crippen LogP contribution is 2.25. The van der Waals surface area contributed by atoms with Crippen LogP contribution in [0.15, 0.2) is 6.33 Å². The Morgan fingerprint density at radius 3 is 2.75 bits per heavy atom. The molecule has 0 aliphatic heterocycles. The Hall–Kier alpha value is -2.38. The monoisotopic (exact) mass is 278 g/mol. The number of nitrogen functional groups attached to an aromatic ring is 1. The Morgan fingerprint density at radius 2 is 2.25 bits per heavy atom. The predicted molar refractivity (Wildman–Crippen MR) is 72.2 cm³/mol. The van der Waals surface area contributed by atoms with Crippen molar-refractivity contribution in [1.82, 2.24) is 24.3 Å². The fraction of sp³-hybridized carbons (Fsp3) is 0.500. The van der Waals surface area contributed by atoms with Gasteiger partial charge in [-0.3, -0.25) is 0 Å². The number of nitrogens with zero attached hydrogens (tertiary/aromatic N) is 5. The smallest absolute Gasteiger partial charge is 0.360 e. The van der Waals surface area contributed by atoms with Crippen molar-refractivity contribution in [2.24, 2.45) is 7.05 Å². The fourth-order valence-corrected chi connectivity index (χ4v) is 2.21. The van der Waals surface area contributed by atoms with Crippen LogP contribution in [0.5, 0.6) is 0 Å². The topological polar surface area (TPSA) is 101 Å². The van der Waals surface area contributed by atoms with Crippen LogP contribution in [0.1, 0.15) is 42.0 Å². The van der Waals surface area contributed by atoms with Crippen LogP contribution in [0.25, 0.3) is 0 Å². The van der Waals surface area contributed by atoms with Crippen LogP contribution in [0.2, 0.25) is 0 Å². The van der Waals surface area contributed by atoms with Crippen LogP contribution in [0.3, 0.4) is 0 Å². The molecule has 0 aliphatic rings. The zero-order chi connectivity index (χ0) is 14.9. The maximum atomic E-state index is 11.7. The first kappa shape index (κ1) is 14.0. The maximum absolute atomic E-state index is 11.7. The third kappa shape index (κ3) is 2.13. The summed E-state index contributed by atoms with van der Waals surface area (Å²) >= 11 is 0. The van der Waals surface area contributed by atoms with E-state index in [1.807, 2.05) is 20.9 Å². The molecule has 2 rings (SSSR count). The van der Waals surface area contributed by atoms with E-state index in [1.54, 1.807) is 15.5 Å². The highest BCUT2D eigenvalue weighted by Gasteiger charge is 2.25. The second kappa shape index (κ2) is 5.32. The summed E-state index contributed by atoms with van der Waals surface area (Å²) in [4.78, 5) is 15.9. The molecule has 1 atom stereocenters. The molecule has 0 amide bonds. The van der Waals surface area contributed by atoms with Gasteiger partial charge < -0.3 is 19.6 Å². The van der Waals surface area contributed by atoms with E-state index in [9.17, 15) is 4.79 Å². The van der Waals surface area contributed by atoms with Gasteiger partial charge in [-0.2, -0.15) is 0 Å². The van der Waals surface area contributed by atoms with Gasteiger partial charge in [0.1, 0.15) is 18.0 Å². The highest BCUT2D eigenvalue weighted by atomic mass is 16.5. The van der Waals surface area contributed by atoms with Gasteiger partial charge in [-0.15, -0.1) is 10.2 Å². The summed E-state index contributed by atoms with van der Waals surface area (Å²) in [5.74, 6) is 1.18. The minimum Gasteiger partial charge on any atom is -0.464 e. The molecule has 108 valence electrons. The normalized spacial score (nSPS) is 12.4. The number of ether oxygens (including phenoxy) is 1. The van der Waals surface area contributed by atoms with Crippen molar-refractivity contribution in [2.75, 3.05) is 12.8 Å². The van der Waals surface area contributed by atoms with Crippen LogP contribution in [-0.2, 0) is 18.2 Å². The number of carbonyl (C=O) groups is 1. The summed E-state index contributed by atoms with van der Waals surface area (Å²) in [6.07, 6.45) is 2.26. The van der Waals surface area contributed by atoms with Crippen molar-refractivity contribution < 1.29 is 9.53 Å². The second-order valence-corrected chi connectivity index (χ2v) is 4.45. The standard InChI is InChI=1S/C12H18N6O2/c1-5-8-15-9(12(19)20-4)10(13)18(8)7(2)11-16-14-6-17(11)3/h6-7H,5,13H2,1-4H3. The van der Waals surface area contributed by atoms with Crippen molar-refractivity contribution in [2.45, 2.75) is 26.3 Å². The van der Waals surface area contributed by atoms with Gasteiger partial charge in [0.2, 0.25) is 0 Å². The van der Waals surface area contributed by atoms with Crippen molar-refractivity contribution in [3.05, 3.63) is 23.7 Å². The van der Waals surface area contributed by atoms with E-state index in [0.29, 0.717) is 12.2 Å². The Bertz CT molecular complexity index is 630. The molecule has 2 aromatic heterocycles. The lowest BCUT2D eigenvalue weighted by molar-refractivity contribution is 0.0595. The predicted octanol–water partition coefficient (Wildman–Crippen LogP) is 0.552. The number of carbonyl (C=O) groups excluding carboxylic acids is 1. The first-order valence-corrected chi connectivity index (χ1v) is 6.30. The Labute approximate surface area is 116 Å². The lowest BCUT2D eigenvalue weighted by Gasteiger charge is -2.16. The Kier molecular flexibility index (Phi) is 3.73. The van der Waals surface area contributed by atoms with Crippen molar-refractivity contribution in [1.29, 1.82) is 0 Å². The van der Waals surface area contributed by atoms with Gasteiger partial charge in [0, 0.05) is 13.5 Å².